The van der Waals surface area contributed by atoms with Crippen molar-refractivity contribution in [2.24, 2.45) is 0 Å². The molecule has 0 aliphatic rings. The van der Waals surface area contributed by atoms with Crippen molar-refractivity contribution < 1.29 is 23.8 Å². The summed E-state index contributed by atoms with van der Waals surface area (Å²) in [5, 5.41) is 2.78. The summed E-state index contributed by atoms with van der Waals surface area (Å²) in [7, 11) is 1.29. The van der Waals surface area contributed by atoms with Gasteiger partial charge in [0, 0.05) is 17.3 Å². The van der Waals surface area contributed by atoms with Gasteiger partial charge in [-0.1, -0.05) is 6.07 Å². The van der Waals surface area contributed by atoms with E-state index in [-0.39, 0.29) is 12.5 Å². The van der Waals surface area contributed by atoms with E-state index in [2.05, 4.69) is 10.1 Å². The molecule has 6 heteroatoms. The number of hydrogen-bond donors (Lipinski definition) is 1. The van der Waals surface area contributed by atoms with Crippen LogP contribution in [0, 0.1) is 0 Å². The Balaban J connectivity index is 1.99. The molecule has 2 rings (SSSR count). The van der Waals surface area contributed by atoms with Crippen molar-refractivity contribution in [2.75, 3.05) is 25.6 Å². The Morgan fingerprint density at radius 1 is 1.00 bits per heavy atom. The fourth-order valence-electron chi connectivity index (χ4n) is 1.94. The molecule has 2 aromatic carbocycles. The Labute approximate surface area is 140 Å². The summed E-state index contributed by atoms with van der Waals surface area (Å²) in [5.74, 6) is 0.458. The van der Waals surface area contributed by atoms with Crippen LogP contribution in [0.15, 0.2) is 48.5 Å². The summed E-state index contributed by atoms with van der Waals surface area (Å²) in [4.78, 5) is 23.3. The van der Waals surface area contributed by atoms with Gasteiger partial charge in [-0.15, -0.1) is 0 Å². The summed E-state index contributed by atoms with van der Waals surface area (Å²) in [6, 6.07) is 13.7. The maximum absolute atomic E-state index is 12.2. The van der Waals surface area contributed by atoms with Crippen LogP contribution in [0.5, 0.6) is 11.5 Å². The van der Waals surface area contributed by atoms with Gasteiger partial charge in [0.15, 0.2) is 6.61 Å². The van der Waals surface area contributed by atoms with Crippen molar-refractivity contribution in [3.05, 3.63) is 54.1 Å². The fraction of sp³-hybridized carbons (Fsp3) is 0.222. The molecule has 1 amide bonds. The third kappa shape index (κ3) is 5.01. The highest BCUT2D eigenvalue weighted by atomic mass is 16.6. The molecule has 6 nitrogen and oxygen atoms in total. The minimum absolute atomic E-state index is 0.188. The molecule has 0 radical (unpaired) electrons. The Hall–Kier alpha value is -3.02. The molecule has 0 saturated carbocycles. The van der Waals surface area contributed by atoms with Crippen LogP contribution in [0.1, 0.15) is 17.3 Å². The second-order valence-corrected chi connectivity index (χ2v) is 4.80. The first kappa shape index (κ1) is 17.3. The van der Waals surface area contributed by atoms with Crippen molar-refractivity contribution in [3.63, 3.8) is 0 Å². The molecule has 0 atom stereocenters. The maximum Gasteiger partial charge on any atom is 0.343 e. The molecular formula is C18H19NO5. The van der Waals surface area contributed by atoms with E-state index in [0.717, 1.165) is 0 Å². The Bertz CT molecular complexity index is 697. The van der Waals surface area contributed by atoms with Crippen LogP contribution in [-0.2, 0) is 9.53 Å². The first-order chi connectivity index (χ1) is 11.6. The number of rotatable bonds is 7. The molecule has 126 valence electrons. The van der Waals surface area contributed by atoms with E-state index >= 15 is 0 Å². The number of carbonyl (C=O) groups excluding carboxylic acids is 2. The molecule has 0 aliphatic carbocycles. The van der Waals surface area contributed by atoms with E-state index in [9.17, 15) is 9.59 Å². The van der Waals surface area contributed by atoms with Gasteiger partial charge in [-0.05, 0) is 43.3 Å². The standard InChI is InChI=1S/C18H19NO5/c1-3-23-15-9-7-13(8-10-15)18(21)19-14-5-4-6-16(11-14)24-12-17(20)22-2/h4-11H,3,12H2,1-2H3,(H,19,21). The monoisotopic (exact) mass is 329 g/mol. The zero-order valence-corrected chi connectivity index (χ0v) is 13.6. The number of carbonyl (C=O) groups is 2. The topological polar surface area (TPSA) is 73.9 Å². The fourth-order valence-corrected chi connectivity index (χ4v) is 1.94. The number of ether oxygens (including phenoxy) is 3. The first-order valence-corrected chi connectivity index (χ1v) is 7.46. The number of benzene rings is 2. The van der Waals surface area contributed by atoms with Crippen LogP contribution in [0.25, 0.3) is 0 Å². The average molecular weight is 329 g/mol. The third-order valence-corrected chi connectivity index (χ3v) is 3.10. The molecular weight excluding hydrogens is 310 g/mol. The maximum atomic E-state index is 12.2. The second-order valence-electron chi connectivity index (χ2n) is 4.80. The molecule has 0 fully saturated rings. The van der Waals surface area contributed by atoms with Crippen LogP contribution >= 0.6 is 0 Å². The quantitative estimate of drug-likeness (QED) is 0.791. The predicted molar refractivity (Wildman–Crippen MR) is 89.5 cm³/mol. The van der Waals surface area contributed by atoms with Crippen LogP contribution < -0.4 is 14.8 Å². The van der Waals surface area contributed by atoms with Crippen molar-refractivity contribution in [3.8, 4) is 11.5 Å². The molecule has 0 heterocycles. The number of hydrogen-bond acceptors (Lipinski definition) is 5. The zero-order chi connectivity index (χ0) is 17.4. The smallest absolute Gasteiger partial charge is 0.343 e. The lowest BCUT2D eigenvalue weighted by Crippen LogP contribution is -2.13. The number of nitrogens with one attached hydrogen (secondary N) is 1. The highest BCUT2D eigenvalue weighted by Gasteiger charge is 2.08. The second kappa shape index (κ2) is 8.57. The molecule has 1 N–H and O–H groups in total. The Morgan fingerprint density at radius 2 is 1.75 bits per heavy atom. The van der Waals surface area contributed by atoms with Crippen LogP contribution in [0.2, 0.25) is 0 Å². The molecule has 0 saturated heterocycles. The van der Waals surface area contributed by atoms with Gasteiger partial charge in [-0.3, -0.25) is 4.79 Å². The van der Waals surface area contributed by atoms with Crippen LogP contribution in [0.3, 0.4) is 0 Å². The van der Waals surface area contributed by atoms with Crippen molar-refractivity contribution in [2.45, 2.75) is 6.92 Å². The number of anilines is 1. The van der Waals surface area contributed by atoms with E-state index in [1.165, 1.54) is 7.11 Å². The summed E-state index contributed by atoms with van der Waals surface area (Å²) < 4.78 is 15.1. The predicted octanol–water partition coefficient (Wildman–Crippen LogP) is 2.89. The summed E-state index contributed by atoms with van der Waals surface area (Å²) >= 11 is 0. The summed E-state index contributed by atoms with van der Waals surface area (Å²) in [5.41, 5.74) is 1.08. The van der Waals surface area contributed by atoms with Gasteiger partial charge < -0.3 is 19.5 Å². The van der Waals surface area contributed by atoms with Gasteiger partial charge in [-0.25, -0.2) is 4.79 Å². The SMILES string of the molecule is CCOc1ccc(C(=O)Nc2cccc(OCC(=O)OC)c2)cc1. The Morgan fingerprint density at radius 3 is 2.42 bits per heavy atom. The van der Waals surface area contributed by atoms with E-state index in [1.807, 2.05) is 6.92 Å². The minimum Gasteiger partial charge on any atom is -0.494 e. The van der Waals surface area contributed by atoms with Crippen molar-refractivity contribution in [1.29, 1.82) is 0 Å². The molecule has 0 bridgehead atoms. The lowest BCUT2D eigenvalue weighted by atomic mass is 10.2. The summed E-state index contributed by atoms with van der Waals surface area (Å²) in [6.45, 7) is 2.28. The van der Waals surface area contributed by atoms with Gasteiger partial charge in [0.05, 0.1) is 13.7 Å². The van der Waals surface area contributed by atoms with Crippen LogP contribution in [0.4, 0.5) is 5.69 Å². The van der Waals surface area contributed by atoms with Gasteiger partial charge in [0.25, 0.3) is 5.91 Å². The minimum atomic E-state index is -0.473. The van der Waals surface area contributed by atoms with Crippen molar-refractivity contribution >= 4 is 17.6 Å². The number of amides is 1. The van der Waals surface area contributed by atoms with E-state index in [0.29, 0.717) is 29.4 Å². The highest BCUT2D eigenvalue weighted by molar-refractivity contribution is 6.04. The van der Waals surface area contributed by atoms with Crippen LogP contribution in [-0.4, -0.2) is 32.2 Å². The molecule has 2 aromatic rings. The molecule has 24 heavy (non-hydrogen) atoms. The van der Waals surface area contributed by atoms with Gasteiger partial charge >= 0.3 is 5.97 Å². The van der Waals surface area contributed by atoms with Gasteiger partial charge in [0.2, 0.25) is 0 Å². The first-order valence-electron chi connectivity index (χ1n) is 7.46. The van der Waals surface area contributed by atoms with E-state index in [4.69, 9.17) is 9.47 Å². The lowest BCUT2D eigenvalue weighted by Gasteiger charge is -2.09. The van der Waals surface area contributed by atoms with Crippen molar-refractivity contribution in [1.82, 2.24) is 0 Å². The van der Waals surface area contributed by atoms with Gasteiger partial charge in [0.1, 0.15) is 11.5 Å². The van der Waals surface area contributed by atoms with E-state index in [1.54, 1.807) is 48.5 Å². The normalized spacial score (nSPS) is 9.92. The highest BCUT2D eigenvalue weighted by Crippen LogP contribution is 2.19. The average Bonchev–Trinajstić information content (AvgIpc) is 2.61. The lowest BCUT2D eigenvalue weighted by molar-refractivity contribution is -0.142. The molecule has 0 unspecified atom stereocenters. The summed E-state index contributed by atoms with van der Waals surface area (Å²) in [6.07, 6.45) is 0. The largest absolute Gasteiger partial charge is 0.494 e. The van der Waals surface area contributed by atoms with Gasteiger partial charge in [-0.2, -0.15) is 0 Å². The van der Waals surface area contributed by atoms with E-state index < -0.39 is 5.97 Å². The zero-order valence-electron chi connectivity index (χ0n) is 13.6. The third-order valence-electron chi connectivity index (χ3n) is 3.10. The molecule has 0 aliphatic heterocycles. The number of methoxy groups -OCH3 is 1. The molecule has 0 spiro atoms. The number of esters is 1. The Kier molecular flexibility index (Phi) is 6.19. The molecule has 0 aromatic heterocycles.